The van der Waals surface area contributed by atoms with Crippen molar-refractivity contribution in [3.8, 4) is 0 Å². The summed E-state index contributed by atoms with van der Waals surface area (Å²) in [5.74, 6) is 1.60. The first-order valence-corrected chi connectivity index (χ1v) is 5.84. The van der Waals surface area contributed by atoms with Gasteiger partial charge in [0.2, 0.25) is 0 Å². The predicted molar refractivity (Wildman–Crippen MR) is 63.4 cm³/mol. The molecular formula is C12H22N2O2. The number of nitrogens with one attached hydrogen (secondary N) is 1. The Morgan fingerprint density at radius 1 is 1.44 bits per heavy atom. The lowest BCUT2D eigenvalue weighted by Gasteiger charge is -2.06. The van der Waals surface area contributed by atoms with Crippen molar-refractivity contribution in [1.29, 1.82) is 0 Å². The van der Waals surface area contributed by atoms with Crippen molar-refractivity contribution in [2.45, 2.75) is 45.8 Å². The molecule has 1 rings (SSSR count). The molecule has 0 saturated heterocycles. The lowest BCUT2D eigenvalue weighted by molar-refractivity contribution is 0.0982. The molecule has 0 aliphatic heterocycles. The van der Waals surface area contributed by atoms with E-state index in [0.29, 0.717) is 6.04 Å². The molecule has 1 atom stereocenters. The zero-order valence-electron chi connectivity index (χ0n) is 10.6. The number of aryl methyl sites for hydroxylation is 1. The van der Waals surface area contributed by atoms with Crippen LogP contribution in [0.2, 0.25) is 0 Å². The van der Waals surface area contributed by atoms with Gasteiger partial charge in [-0.15, -0.1) is 0 Å². The zero-order valence-corrected chi connectivity index (χ0v) is 10.6. The van der Waals surface area contributed by atoms with Crippen molar-refractivity contribution in [1.82, 2.24) is 10.3 Å². The molecule has 0 aromatic carbocycles. The van der Waals surface area contributed by atoms with Crippen LogP contribution in [0.15, 0.2) is 10.6 Å². The van der Waals surface area contributed by atoms with Crippen LogP contribution in [-0.2, 0) is 11.2 Å². The molecule has 0 amide bonds. The van der Waals surface area contributed by atoms with Crippen LogP contribution in [0.1, 0.15) is 44.9 Å². The Bertz CT molecular complexity index is 297. The highest BCUT2D eigenvalue weighted by molar-refractivity contribution is 4.97. The Morgan fingerprint density at radius 2 is 2.19 bits per heavy atom. The second kappa shape index (κ2) is 6.66. The smallest absolute Gasteiger partial charge is 0.194 e. The summed E-state index contributed by atoms with van der Waals surface area (Å²) in [6.07, 6.45) is 3.64. The highest BCUT2D eigenvalue weighted by Gasteiger charge is 2.10. The Labute approximate surface area is 97.4 Å². The molecule has 0 aliphatic carbocycles. The number of ether oxygens (including phenoxy) is 1. The maximum Gasteiger partial charge on any atom is 0.194 e. The second-order valence-electron chi connectivity index (χ2n) is 4.25. The fraction of sp³-hybridized carbons (Fsp3) is 0.750. The highest BCUT2D eigenvalue weighted by atomic mass is 16.5. The van der Waals surface area contributed by atoms with Crippen LogP contribution >= 0.6 is 0 Å². The molecule has 1 aromatic rings. The summed E-state index contributed by atoms with van der Waals surface area (Å²) >= 11 is 0. The van der Waals surface area contributed by atoms with Crippen LogP contribution in [0.5, 0.6) is 0 Å². The van der Waals surface area contributed by atoms with Gasteiger partial charge in [-0.3, -0.25) is 0 Å². The van der Waals surface area contributed by atoms with Crippen molar-refractivity contribution in [3.63, 3.8) is 0 Å². The minimum atomic E-state index is -0.0185. The van der Waals surface area contributed by atoms with Crippen molar-refractivity contribution >= 4 is 0 Å². The van der Waals surface area contributed by atoms with Crippen molar-refractivity contribution in [2.75, 3.05) is 13.7 Å². The molecule has 0 aliphatic rings. The number of hydrogen-bond acceptors (Lipinski definition) is 4. The normalized spacial score (nSPS) is 13.3. The summed E-state index contributed by atoms with van der Waals surface area (Å²) in [7, 11) is 1.67. The van der Waals surface area contributed by atoms with E-state index in [1.165, 1.54) is 0 Å². The third-order valence-corrected chi connectivity index (χ3v) is 2.45. The van der Waals surface area contributed by atoms with Crippen LogP contribution in [0, 0.1) is 0 Å². The largest absolute Gasteiger partial charge is 0.443 e. The molecule has 0 spiro atoms. The first-order valence-electron chi connectivity index (χ1n) is 5.84. The molecule has 4 nitrogen and oxygen atoms in total. The van der Waals surface area contributed by atoms with E-state index in [1.807, 2.05) is 6.92 Å². The molecule has 0 bridgehead atoms. The summed E-state index contributed by atoms with van der Waals surface area (Å²) in [5.41, 5.74) is 0. The Balaban J connectivity index is 2.29. The van der Waals surface area contributed by atoms with Crippen LogP contribution in [0.25, 0.3) is 0 Å². The van der Waals surface area contributed by atoms with E-state index in [1.54, 1.807) is 13.3 Å². The van der Waals surface area contributed by atoms with E-state index in [2.05, 4.69) is 24.1 Å². The maximum absolute atomic E-state index is 5.58. The van der Waals surface area contributed by atoms with Gasteiger partial charge < -0.3 is 14.5 Å². The van der Waals surface area contributed by atoms with Gasteiger partial charge in [0, 0.05) is 19.6 Å². The monoisotopic (exact) mass is 226 g/mol. The lowest BCUT2D eigenvalue weighted by atomic mass is 10.3. The van der Waals surface area contributed by atoms with E-state index in [0.717, 1.165) is 31.0 Å². The predicted octanol–water partition coefficient (Wildman–Crippen LogP) is 2.31. The van der Waals surface area contributed by atoms with Gasteiger partial charge in [-0.05, 0) is 19.9 Å². The molecule has 4 heteroatoms. The maximum atomic E-state index is 5.58. The third kappa shape index (κ3) is 4.33. The minimum absolute atomic E-state index is 0.0185. The van der Waals surface area contributed by atoms with Gasteiger partial charge in [0.1, 0.15) is 6.10 Å². The zero-order chi connectivity index (χ0) is 12.0. The van der Waals surface area contributed by atoms with Gasteiger partial charge in [0.25, 0.3) is 0 Å². The lowest BCUT2D eigenvalue weighted by Crippen LogP contribution is -2.23. The molecule has 0 radical (unpaired) electrons. The second-order valence-corrected chi connectivity index (χ2v) is 4.25. The highest BCUT2D eigenvalue weighted by Crippen LogP contribution is 2.16. The van der Waals surface area contributed by atoms with Gasteiger partial charge in [-0.25, -0.2) is 4.98 Å². The Hall–Kier alpha value is -0.870. The van der Waals surface area contributed by atoms with Gasteiger partial charge in [0.15, 0.2) is 11.7 Å². The van der Waals surface area contributed by atoms with E-state index in [9.17, 15) is 0 Å². The molecule has 92 valence electrons. The van der Waals surface area contributed by atoms with E-state index < -0.39 is 0 Å². The van der Waals surface area contributed by atoms with Gasteiger partial charge in [0.05, 0.1) is 6.20 Å². The molecular weight excluding hydrogens is 204 g/mol. The van der Waals surface area contributed by atoms with Crippen LogP contribution in [0.4, 0.5) is 0 Å². The van der Waals surface area contributed by atoms with Crippen molar-refractivity contribution in [3.05, 3.63) is 17.8 Å². The fourth-order valence-corrected chi connectivity index (χ4v) is 1.37. The molecule has 16 heavy (non-hydrogen) atoms. The number of aromatic nitrogens is 1. The molecule has 1 unspecified atom stereocenters. The fourth-order valence-electron chi connectivity index (χ4n) is 1.37. The van der Waals surface area contributed by atoms with E-state index >= 15 is 0 Å². The molecule has 1 N–H and O–H groups in total. The molecule has 0 fully saturated rings. The average Bonchev–Trinajstić information content (AvgIpc) is 2.71. The Morgan fingerprint density at radius 3 is 2.81 bits per heavy atom. The first-order chi connectivity index (χ1) is 7.63. The van der Waals surface area contributed by atoms with E-state index in [4.69, 9.17) is 9.15 Å². The SMILES string of the molecule is COC(C)c1cnc(CCCNC(C)C)o1. The van der Waals surface area contributed by atoms with Crippen LogP contribution in [-0.4, -0.2) is 24.7 Å². The summed E-state index contributed by atoms with van der Waals surface area (Å²) in [6, 6.07) is 0.536. The molecule has 1 heterocycles. The number of hydrogen-bond donors (Lipinski definition) is 1. The van der Waals surface area contributed by atoms with Crippen LogP contribution in [0.3, 0.4) is 0 Å². The molecule has 0 saturated carbocycles. The number of rotatable bonds is 7. The quantitative estimate of drug-likeness (QED) is 0.725. The average molecular weight is 226 g/mol. The number of nitrogens with zero attached hydrogens (tertiary/aromatic N) is 1. The van der Waals surface area contributed by atoms with Gasteiger partial charge in [-0.1, -0.05) is 13.8 Å². The minimum Gasteiger partial charge on any atom is -0.443 e. The van der Waals surface area contributed by atoms with E-state index in [-0.39, 0.29) is 6.10 Å². The first kappa shape index (κ1) is 13.2. The number of methoxy groups -OCH3 is 1. The topological polar surface area (TPSA) is 47.3 Å². The van der Waals surface area contributed by atoms with Gasteiger partial charge in [-0.2, -0.15) is 0 Å². The van der Waals surface area contributed by atoms with Crippen molar-refractivity contribution < 1.29 is 9.15 Å². The Kier molecular flexibility index (Phi) is 5.49. The van der Waals surface area contributed by atoms with Gasteiger partial charge >= 0.3 is 0 Å². The van der Waals surface area contributed by atoms with Crippen LogP contribution < -0.4 is 5.32 Å². The number of oxazole rings is 1. The summed E-state index contributed by atoms with van der Waals surface area (Å²) < 4.78 is 10.7. The van der Waals surface area contributed by atoms with Crippen molar-refractivity contribution in [2.24, 2.45) is 0 Å². The third-order valence-electron chi connectivity index (χ3n) is 2.45. The molecule has 1 aromatic heterocycles. The standard InChI is InChI=1S/C12H22N2O2/c1-9(2)13-7-5-6-12-14-8-11(16-12)10(3)15-4/h8-10,13H,5-7H2,1-4H3. The summed E-state index contributed by atoms with van der Waals surface area (Å²) in [4.78, 5) is 4.23. The summed E-state index contributed by atoms with van der Waals surface area (Å²) in [6.45, 7) is 7.23. The summed E-state index contributed by atoms with van der Waals surface area (Å²) in [5, 5.41) is 3.36.